The Morgan fingerprint density at radius 1 is 1.31 bits per heavy atom. The Morgan fingerprint density at radius 2 is 2.19 bits per heavy atom. The van der Waals surface area contributed by atoms with E-state index < -0.39 is 0 Å². The van der Waals surface area contributed by atoms with Crippen molar-refractivity contribution < 1.29 is 0 Å². The summed E-state index contributed by atoms with van der Waals surface area (Å²) in [5, 5.41) is 4.18. The third-order valence-electron chi connectivity index (χ3n) is 4.56. The smallest absolute Gasteiger partial charge is 0.181 e. The predicted molar refractivity (Wildman–Crippen MR) is 68.7 cm³/mol. The number of thiocarbonyl (C=S) groups is 1. The molecular formula is C12H19N3S. The van der Waals surface area contributed by atoms with Gasteiger partial charge in [0.05, 0.1) is 0 Å². The molecule has 3 N–H and O–H groups in total. The Morgan fingerprint density at radius 3 is 3.00 bits per heavy atom. The SMILES string of the molecule is CNNC(=S)N[C@@H]1C[C@H]2C[C@@H]1[C@@H]1C=CC[C@@H]21. The highest BCUT2D eigenvalue weighted by Gasteiger charge is 2.52. The number of rotatable bonds is 2. The van der Waals surface area contributed by atoms with Crippen molar-refractivity contribution in [1.29, 1.82) is 0 Å². The second-order valence-corrected chi connectivity index (χ2v) is 5.66. The highest BCUT2D eigenvalue weighted by Crippen LogP contribution is 2.56. The molecule has 0 aliphatic heterocycles. The number of allylic oxidation sites excluding steroid dienone is 2. The van der Waals surface area contributed by atoms with E-state index in [4.69, 9.17) is 12.2 Å². The van der Waals surface area contributed by atoms with E-state index in [9.17, 15) is 0 Å². The summed E-state index contributed by atoms with van der Waals surface area (Å²) in [6.45, 7) is 0. The molecule has 0 spiro atoms. The number of nitrogens with one attached hydrogen (secondary N) is 3. The van der Waals surface area contributed by atoms with Gasteiger partial charge in [-0.3, -0.25) is 5.43 Å². The lowest BCUT2D eigenvalue weighted by molar-refractivity contribution is 0.245. The topological polar surface area (TPSA) is 36.1 Å². The fourth-order valence-corrected chi connectivity index (χ4v) is 4.28. The zero-order valence-electron chi connectivity index (χ0n) is 9.57. The standard InChI is InChI=1S/C12H19N3S/c1-13-15-12(16)14-11-6-7-5-10(11)9-4-2-3-8(7)9/h2,4,7-11,13H,3,5-6H2,1H3,(H2,14,15,16)/t7-,8+,9-,10-,11-/m1/s1. The van der Waals surface area contributed by atoms with Crippen LogP contribution >= 0.6 is 12.2 Å². The first-order chi connectivity index (χ1) is 7.79. The minimum atomic E-state index is 0.586. The van der Waals surface area contributed by atoms with Crippen molar-refractivity contribution in [3.63, 3.8) is 0 Å². The van der Waals surface area contributed by atoms with Gasteiger partial charge in [-0.15, -0.1) is 0 Å². The summed E-state index contributed by atoms with van der Waals surface area (Å²) in [6.07, 6.45) is 8.84. The molecule has 0 heterocycles. The van der Waals surface area contributed by atoms with Gasteiger partial charge in [0.15, 0.2) is 5.11 Å². The lowest BCUT2D eigenvalue weighted by atomic mass is 9.79. The van der Waals surface area contributed by atoms with E-state index in [-0.39, 0.29) is 0 Å². The third-order valence-corrected chi connectivity index (χ3v) is 4.78. The maximum absolute atomic E-state index is 5.22. The Labute approximate surface area is 102 Å². The maximum atomic E-state index is 5.22. The molecule has 0 aromatic rings. The van der Waals surface area contributed by atoms with Crippen molar-refractivity contribution >= 4 is 17.3 Å². The minimum Gasteiger partial charge on any atom is -0.359 e. The van der Waals surface area contributed by atoms with Gasteiger partial charge in [0.1, 0.15) is 0 Å². The van der Waals surface area contributed by atoms with Crippen LogP contribution in [0.5, 0.6) is 0 Å². The molecule has 3 nitrogen and oxygen atoms in total. The van der Waals surface area contributed by atoms with E-state index in [1.54, 1.807) is 0 Å². The largest absolute Gasteiger partial charge is 0.359 e. The fourth-order valence-electron chi connectivity index (χ4n) is 4.03. The van der Waals surface area contributed by atoms with Crippen LogP contribution in [0.3, 0.4) is 0 Å². The molecule has 16 heavy (non-hydrogen) atoms. The van der Waals surface area contributed by atoms with Crippen molar-refractivity contribution in [3.8, 4) is 0 Å². The normalized spacial score (nSPS) is 43.4. The highest BCUT2D eigenvalue weighted by atomic mass is 32.1. The van der Waals surface area contributed by atoms with Gasteiger partial charge in [0, 0.05) is 13.1 Å². The van der Waals surface area contributed by atoms with Crippen LogP contribution in [-0.4, -0.2) is 18.2 Å². The average molecular weight is 237 g/mol. The molecule has 4 heteroatoms. The van der Waals surface area contributed by atoms with Gasteiger partial charge in [-0.05, 0) is 55.2 Å². The summed E-state index contributed by atoms with van der Waals surface area (Å²) in [7, 11) is 1.84. The first-order valence-corrected chi connectivity index (χ1v) is 6.60. The van der Waals surface area contributed by atoms with Crippen molar-refractivity contribution in [3.05, 3.63) is 12.2 Å². The van der Waals surface area contributed by atoms with Gasteiger partial charge < -0.3 is 5.32 Å². The molecule has 0 radical (unpaired) electrons. The van der Waals surface area contributed by atoms with Gasteiger partial charge in [-0.2, -0.15) is 0 Å². The van der Waals surface area contributed by atoms with Gasteiger partial charge in [-0.25, -0.2) is 5.43 Å². The molecule has 3 rings (SSSR count). The Balaban J connectivity index is 1.63. The van der Waals surface area contributed by atoms with Gasteiger partial charge >= 0.3 is 0 Å². The van der Waals surface area contributed by atoms with Crippen LogP contribution in [-0.2, 0) is 0 Å². The number of hydrogen-bond donors (Lipinski definition) is 3. The number of fused-ring (bicyclic) bond motifs is 5. The van der Waals surface area contributed by atoms with Gasteiger partial charge in [0.2, 0.25) is 0 Å². The van der Waals surface area contributed by atoms with Crippen molar-refractivity contribution in [2.45, 2.75) is 25.3 Å². The Bertz CT molecular complexity index is 328. The van der Waals surface area contributed by atoms with Crippen LogP contribution in [0.25, 0.3) is 0 Å². The molecule has 0 saturated heterocycles. The molecule has 0 unspecified atom stereocenters. The Kier molecular flexibility index (Phi) is 2.64. The van der Waals surface area contributed by atoms with Crippen molar-refractivity contribution in [2.75, 3.05) is 7.05 Å². The van der Waals surface area contributed by atoms with Crippen LogP contribution in [0.1, 0.15) is 19.3 Å². The van der Waals surface area contributed by atoms with Crippen molar-refractivity contribution in [1.82, 2.24) is 16.2 Å². The monoisotopic (exact) mass is 237 g/mol. The molecule has 0 aromatic heterocycles. The average Bonchev–Trinajstić information content (AvgIpc) is 2.86. The summed E-state index contributed by atoms with van der Waals surface area (Å²) < 4.78 is 0. The molecule has 88 valence electrons. The van der Waals surface area contributed by atoms with Crippen molar-refractivity contribution in [2.24, 2.45) is 23.7 Å². The zero-order chi connectivity index (χ0) is 11.1. The summed E-state index contributed by atoms with van der Waals surface area (Å²) in [5.74, 6) is 3.52. The van der Waals surface area contributed by atoms with E-state index in [1.807, 2.05) is 7.05 Å². The molecule has 0 aromatic carbocycles. The molecule has 2 bridgehead atoms. The van der Waals surface area contributed by atoms with E-state index >= 15 is 0 Å². The minimum absolute atomic E-state index is 0.586. The van der Waals surface area contributed by atoms with Gasteiger partial charge in [0.25, 0.3) is 0 Å². The van der Waals surface area contributed by atoms with Crippen LogP contribution in [0.2, 0.25) is 0 Å². The summed E-state index contributed by atoms with van der Waals surface area (Å²) in [6, 6.07) is 0.586. The summed E-state index contributed by atoms with van der Waals surface area (Å²) in [4.78, 5) is 0. The summed E-state index contributed by atoms with van der Waals surface area (Å²) >= 11 is 5.22. The van der Waals surface area contributed by atoms with Crippen LogP contribution in [0, 0.1) is 23.7 Å². The first kappa shape index (κ1) is 10.5. The second-order valence-electron chi connectivity index (χ2n) is 5.26. The molecule has 5 atom stereocenters. The molecular weight excluding hydrogens is 218 g/mol. The van der Waals surface area contributed by atoms with Crippen LogP contribution < -0.4 is 16.2 Å². The molecule has 0 amide bonds. The van der Waals surface area contributed by atoms with Gasteiger partial charge in [-0.1, -0.05) is 12.2 Å². The summed E-state index contributed by atoms with van der Waals surface area (Å²) in [5.41, 5.74) is 5.81. The van der Waals surface area contributed by atoms with E-state index in [0.717, 1.165) is 28.8 Å². The molecule has 2 fully saturated rings. The fraction of sp³-hybridized carbons (Fsp3) is 0.750. The number of hydrazine groups is 1. The molecule has 3 aliphatic carbocycles. The molecule has 3 aliphatic rings. The second kappa shape index (κ2) is 4.00. The lowest BCUT2D eigenvalue weighted by Gasteiger charge is -2.32. The molecule has 2 saturated carbocycles. The maximum Gasteiger partial charge on any atom is 0.181 e. The first-order valence-electron chi connectivity index (χ1n) is 6.19. The quantitative estimate of drug-likeness (QED) is 0.383. The third kappa shape index (κ3) is 1.55. The highest BCUT2D eigenvalue weighted by molar-refractivity contribution is 7.80. The Hall–Kier alpha value is -0.610. The van der Waals surface area contributed by atoms with Crippen LogP contribution in [0.15, 0.2) is 12.2 Å². The van der Waals surface area contributed by atoms with E-state index in [1.165, 1.54) is 19.3 Å². The predicted octanol–water partition coefficient (Wildman–Crippen LogP) is 1.19. The van der Waals surface area contributed by atoms with Crippen LogP contribution in [0.4, 0.5) is 0 Å². The number of hydrogen-bond acceptors (Lipinski definition) is 2. The lowest BCUT2D eigenvalue weighted by Crippen LogP contribution is -2.49. The zero-order valence-corrected chi connectivity index (χ0v) is 10.4. The van der Waals surface area contributed by atoms with E-state index in [0.29, 0.717) is 6.04 Å². The van der Waals surface area contributed by atoms with E-state index in [2.05, 4.69) is 28.3 Å².